The highest BCUT2D eigenvalue weighted by Crippen LogP contribution is 2.35. The van der Waals surface area contributed by atoms with Gasteiger partial charge in [0.1, 0.15) is 13.2 Å². The molecular formula is C33H36Cl2N4O8. The van der Waals surface area contributed by atoms with E-state index < -0.39 is 24.3 Å². The van der Waals surface area contributed by atoms with E-state index in [9.17, 15) is 14.7 Å². The smallest absolute Gasteiger partial charge is 0.337 e. The highest BCUT2D eigenvalue weighted by atomic mass is 35.5. The summed E-state index contributed by atoms with van der Waals surface area (Å²) in [6, 6.07) is 14.4. The molecule has 47 heavy (non-hydrogen) atoms. The number of nitrogens with one attached hydrogen (secondary N) is 3. The fourth-order valence-corrected chi connectivity index (χ4v) is 4.92. The van der Waals surface area contributed by atoms with Gasteiger partial charge in [0.15, 0.2) is 29.2 Å². The second kappa shape index (κ2) is 16.8. The number of carbonyl (C=O) groups is 2. The first-order valence-electron chi connectivity index (χ1n) is 14.7. The number of amides is 2. The Labute approximate surface area is 282 Å². The van der Waals surface area contributed by atoms with Crippen LogP contribution in [-0.2, 0) is 16.1 Å². The zero-order chi connectivity index (χ0) is 33.9. The summed E-state index contributed by atoms with van der Waals surface area (Å²) in [4.78, 5) is 24.6. The average Bonchev–Trinajstić information content (AvgIpc) is 3.05. The van der Waals surface area contributed by atoms with Crippen LogP contribution in [0, 0.1) is 0 Å². The molecule has 3 aromatic rings. The van der Waals surface area contributed by atoms with Crippen LogP contribution in [0.1, 0.15) is 43.5 Å². The van der Waals surface area contributed by atoms with Crippen molar-refractivity contribution < 1.29 is 38.4 Å². The van der Waals surface area contributed by atoms with E-state index in [2.05, 4.69) is 21.2 Å². The van der Waals surface area contributed by atoms with Crippen molar-refractivity contribution in [3.8, 4) is 23.0 Å². The molecule has 2 atom stereocenters. The van der Waals surface area contributed by atoms with Crippen molar-refractivity contribution in [2.24, 2.45) is 5.10 Å². The van der Waals surface area contributed by atoms with Crippen LogP contribution in [0.5, 0.6) is 23.0 Å². The molecule has 0 radical (unpaired) electrons. The molecule has 1 heterocycles. The summed E-state index contributed by atoms with van der Waals surface area (Å²) in [6.45, 7) is 6.16. The maximum atomic E-state index is 12.5. The molecule has 12 nitrogen and oxygen atoms in total. The van der Waals surface area contributed by atoms with Crippen molar-refractivity contribution in [1.82, 2.24) is 16.1 Å². The van der Waals surface area contributed by atoms with Gasteiger partial charge in [-0.05, 0) is 79.9 Å². The van der Waals surface area contributed by atoms with Crippen LogP contribution in [0.3, 0.4) is 0 Å². The number of urea groups is 1. The summed E-state index contributed by atoms with van der Waals surface area (Å²) in [5.74, 6) is 1.20. The summed E-state index contributed by atoms with van der Waals surface area (Å²) in [6.07, 6.45) is 0.358. The number of aliphatic hydroxyl groups excluding tert-OH is 1. The Hall–Kier alpha value is -4.65. The van der Waals surface area contributed by atoms with Gasteiger partial charge in [-0.3, -0.25) is 5.43 Å². The fourth-order valence-electron chi connectivity index (χ4n) is 4.60. The van der Waals surface area contributed by atoms with Crippen LogP contribution >= 0.6 is 23.2 Å². The SMILES string of the molecule is CCOc1cc(/C=N\N[C@H](O)COc2ccc([C@@H]3NC(=O)NC(C)=C3C(=O)OC)cc2OCC)ccc1OCc1ccc(Cl)c(Cl)c1. The fraction of sp³-hybridized carbons (Fsp3) is 0.303. The number of hydrazone groups is 1. The third-order valence-corrected chi connectivity index (χ3v) is 7.49. The molecule has 0 aromatic heterocycles. The predicted molar refractivity (Wildman–Crippen MR) is 177 cm³/mol. The average molecular weight is 688 g/mol. The highest BCUT2D eigenvalue weighted by Gasteiger charge is 2.32. The van der Waals surface area contributed by atoms with Gasteiger partial charge in [-0.1, -0.05) is 35.3 Å². The number of rotatable bonds is 15. The van der Waals surface area contributed by atoms with Gasteiger partial charge in [-0.2, -0.15) is 5.10 Å². The van der Waals surface area contributed by atoms with E-state index in [4.69, 9.17) is 46.9 Å². The van der Waals surface area contributed by atoms with Gasteiger partial charge in [0, 0.05) is 5.70 Å². The van der Waals surface area contributed by atoms with Crippen molar-refractivity contribution in [2.75, 3.05) is 26.9 Å². The third-order valence-electron chi connectivity index (χ3n) is 6.76. The van der Waals surface area contributed by atoms with Gasteiger partial charge < -0.3 is 39.4 Å². The molecule has 0 saturated heterocycles. The van der Waals surface area contributed by atoms with Crippen molar-refractivity contribution in [3.05, 3.63) is 92.6 Å². The monoisotopic (exact) mass is 686 g/mol. The summed E-state index contributed by atoms with van der Waals surface area (Å²) in [7, 11) is 1.27. The Morgan fingerprint density at radius 1 is 0.957 bits per heavy atom. The molecule has 2 amide bonds. The van der Waals surface area contributed by atoms with Crippen LogP contribution < -0.4 is 35.0 Å². The van der Waals surface area contributed by atoms with Crippen molar-refractivity contribution >= 4 is 41.4 Å². The molecule has 250 valence electrons. The quantitative estimate of drug-likeness (QED) is 0.0705. The predicted octanol–water partition coefficient (Wildman–Crippen LogP) is 5.49. The van der Waals surface area contributed by atoms with Crippen LogP contribution in [0.4, 0.5) is 4.79 Å². The Balaban J connectivity index is 1.37. The van der Waals surface area contributed by atoms with Crippen LogP contribution in [0.2, 0.25) is 10.0 Å². The number of ether oxygens (including phenoxy) is 5. The highest BCUT2D eigenvalue weighted by molar-refractivity contribution is 6.42. The molecular weight excluding hydrogens is 651 g/mol. The largest absolute Gasteiger partial charge is 0.490 e. The normalized spacial score (nSPS) is 15.0. The molecule has 0 bridgehead atoms. The number of esters is 1. The molecule has 1 aliphatic rings. The maximum Gasteiger partial charge on any atom is 0.337 e. The minimum Gasteiger partial charge on any atom is -0.490 e. The number of carbonyl (C=O) groups excluding carboxylic acids is 2. The minimum atomic E-state index is -1.17. The number of benzene rings is 3. The number of nitrogens with zero attached hydrogens (tertiary/aromatic N) is 1. The second-order valence-electron chi connectivity index (χ2n) is 10.1. The number of allylic oxidation sites excluding steroid dienone is 1. The lowest BCUT2D eigenvalue weighted by molar-refractivity contribution is -0.136. The Bertz CT molecular complexity index is 1650. The number of methoxy groups -OCH3 is 1. The van der Waals surface area contributed by atoms with Crippen molar-refractivity contribution in [3.63, 3.8) is 0 Å². The van der Waals surface area contributed by atoms with Crippen LogP contribution in [-0.4, -0.2) is 56.5 Å². The lowest BCUT2D eigenvalue weighted by Gasteiger charge is -2.28. The van der Waals surface area contributed by atoms with Crippen molar-refractivity contribution in [1.29, 1.82) is 0 Å². The first-order chi connectivity index (χ1) is 22.6. The first kappa shape index (κ1) is 35.2. The summed E-state index contributed by atoms with van der Waals surface area (Å²) in [5.41, 5.74) is 5.41. The van der Waals surface area contributed by atoms with Gasteiger partial charge in [0.25, 0.3) is 0 Å². The van der Waals surface area contributed by atoms with Gasteiger partial charge in [-0.15, -0.1) is 0 Å². The lowest BCUT2D eigenvalue weighted by Crippen LogP contribution is -2.45. The summed E-state index contributed by atoms with van der Waals surface area (Å²) < 4.78 is 28.2. The molecule has 0 aliphatic carbocycles. The molecule has 3 aromatic carbocycles. The molecule has 0 spiro atoms. The molecule has 4 rings (SSSR count). The standard InChI is InChI=1S/C33H36Cl2N4O8/c1-5-44-27-14-20(8-11-25(27)46-17-21-7-10-23(34)24(35)13-21)16-36-39-29(40)18-47-26-12-9-22(15-28(26)45-6-2)31-30(32(41)43-4)19(3)37-33(42)38-31/h7-16,29,31,39-40H,5-6,17-18H2,1-4H3,(H2,37,38,42)/b36-16-/t29-,31+/m1/s1. The van der Waals surface area contributed by atoms with Crippen molar-refractivity contribution in [2.45, 2.75) is 39.6 Å². The summed E-state index contributed by atoms with van der Waals surface area (Å²) >= 11 is 12.1. The van der Waals surface area contributed by atoms with Gasteiger partial charge in [0.05, 0.1) is 48.2 Å². The zero-order valence-electron chi connectivity index (χ0n) is 26.3. The molecule has 0 unspecified atom stereocenters. The van der Waals surface area contributed by atoms with E-state index in [1.165, 1.54) is 13.3 Å². The van der Waals surface area contributed by atoms with Gasteiger partial charge >= 0.3 is 12.0 Å². The topological polar surface area (TPSA) is 149 Å². The van der Waals surface area contributed by atoms with E-state index >= 15 is 0 Å². The molecule has 14 heteroatoms. The second-order valence-corrected chi connectivity index (χ2v) is 10.9. The van der Waals surface area contributed by atoms with E-state index in [1.807, 2.05) is 19.9 Å². The van der Waals surface area contributed by atoms with Gasteiger partial charge in [-0.25, -0.2) is 9.59 Å². The minimum absolute atomic E-state index is 0.168. The van der Waals surface area contributed by atoms with E-state index in [0.717, 1.165) is 5.56 Å². The first-order valence-corrected chi connectivity index (χ1v) is 15.4. The van der Waals surface area contributed by atoms with E-state index in [0.29, 0.717) is 63.1 Å². The summed E-state index contributed by atoms with van der Waals surface area (Å²) in [5, 5.41) is 20.9. The third kappa shape index (κ3) is 9.44. The molecule has 4 N–H and O–H groups in total. The lowest BCUT2D eigenvalue weighted by atomic mass is 9.95. The van der Waals surface area contributed by atoms with Crippen LogP contribution in [0.25, 0.3) is 0 Å². The number of aliphatic hydroxyl groups is 1. The van der Waals surface area contributed by atoms with E-state index in [1.54, 1.807) is 55.5 Å². The molecule has 0 saturated carbocycles. The van der Waals surface area contributed by atoms with E-state index in [-0.39, 0.29) is 18.8 Å². The number of halogens is 2. The maximum absolute atomic E-state index is 12.5. The number of hydrogen-bond acceptors (Lipinski definition) is 10. The molecule has 1 aliphatic heterocycles. The Kier molecular flexibility index (Phi) is 12.6. The zero-order valence-corrected chi connectivity index (χ0v) is 27.8. The number of hydrogen-bond donors (Lipinski definition) is 4. The Morgan fingerprint density at radius 3 is 2.36 bits per heavy atom. The Morgan fingerprint density at radius 2 is 1.66 bits per heavy atom. The molecule has 0 fully saturated rings. The van der Waals surface area contributed by atoms with Gasteiger partial charge in [0.2, 0.25) is 0 Å². The van der Waals surface area contributed by atoms with Crippen LogP contribution in [0.15, 0.2) is 71.0 Å².